The highest BCUT2D eigenvalue weighted by molar-refractivity contribution is 7.99. The number of carbonyl (C=O) groups excluding carboxylic acids is 1. The Bertz CT molecular complexity index is 874. The van der Waals surface area contributed by atoms with E-state index in [1.54, 1.807) is 23.9 Å². The van der Waals surface area contributed by atoms with E-state index in [2.05, 4.69) is 10.6 Å². The second-order valence-corrected chi connectivity index (χ2v) is 9.04. The van der Waals surface area contributed by atoms with Gasteiger partial charge in [0.25, 0.3) is 0 Å². The Balaban J connectivity index is 1.72. The van der Waals surface area contributed by atoms with Gasteiger partial charge in [-0.1, -0.05) is 23.7 Å². The summed E-state index contributed by atoms with van der Waals surface area (Å²) in [5.74, 6) is 0.625. The first kappa shape index (κ1) is 21.7. The van der Waals surface area contributed by atoms with E-state index in [0.29, 0.717) is 11.6 Å². The number of benzene rings is 2. The molecule has 0 aromatic heterocycles. The number of amides is 1. The molecule has 0 spiro atoms. The van der Waals surface area contributed by atoms with Crippen molar-refractivity contribution >= 4 is 39.3 Å². The molecule has 0 saturated carbocycles. The summed E-state index contributed by atoms with van der Waals surface area (Å²) in [7, 11) is -3.75. The van der Waals surface area contributed by atoms with Crippen LogP contribution >= 0.6 is 23.4 Å². The van der Waals surface area contributed by atoms with Crippen molar-refractivity contribution in [2.45, 2.75) is 22.8 Å². The van der Waals surface area contributed by atoms with Crippen LogP contribution in [-0.2, 0) is 14.8 Å². The van der Waals surface area contributed by atoms with Crippen molar-refractivity contribution in [3.8, 4) is 0 Å². The lowest BCUT2D eigenvalue weighted by Crippen LogP contribution is -2.36. The van der Waals surface area contributed by atoms with Crippen LogP contribution in [0.4, 0.5) is 0 Å². The van der Waals surface area contributed by atoms with Gasteiger partial charge in [-0.05, 0) is 48.9 Å². The summed E-state index contributed by atoms with van der Waals surface area (Å²) in [6.45, 7) is 2.53. The van der Waals surface area contributed by atoms with Crippen LogP contribution in [0.5, 0.6) is 0 Å². The first-order valence-electron chi connectivity index (χ1n) is 8.27. The van der Waals surface area contributed by atoms with Crippen molar-refractivity contribution in [3.05, 3.63) is 59.1 Å². The molecule has 1 amide bonds. The molecule has 0 aliphatic carbocycles. The first-order chi connectivity index (χ1) is 12.8. The third-order valence-corrected chi connectivity index (χ3v) is 5.94. The zero-order valence-corrected chi connectivity index (χ0v) is 17.2. The van der Waals surface area contributed by atoms with Gasteiger partial charge < -0.3 is 10.6 Å². The normalized spacial score (nSPS) is 12.6. The average Bonchev–Trinajstić information content (AvgIpc) is 2.64. The van der Waals surface area contributed by atoms with Gasteiger partial charge in [-0.25, -0.2) is 13.6 Å². The van der Waals surface area contributed by atoms with Crippen LogP contribution in [0.1, 0.15) is 18.5 Å². The number of hydrogen-bond donors (Lipinski definition) is 3. The SMILES string of the molecule is C[C@@H](NCC(=O)NCCSc1ccc(Cl)cc1)c1cccc(S(N)(=O)=O)c1. The molecule has 0 saturated heterocycles. The van der Waals surface area contributed by atoms with E-state index in [-0.39, 0.29) is 23.4 Å². The molecular formula is C18H22ClN3O3S2. The Morgan fingerprint density at radius 3 is 2.59 bits per heavy atom. The van der Waals surface area contributed by atoms with E-state index in [1.165, 1.54) is 12.1 Å². The number of hydrogen-bond acceptors (Lipinski definition) is 5. The summed E-state index contributed by atoms with van der Waals surface area (Å²) in [5, 5.41) is 11.8. The molecule has 0 unspecified atom stereocenters. The van der Waals surface area contributed by atoms with Gasteiger partial charge in [-0.3, -0.25) is 4.79 Å². The van der Waals surface area contributed by atoms with E-state index in [9.17, 15) is 13.2 Å². The lowest BCUT2D eigenvalue weighted by molar-refractivity contribution is -0.120. The molecule has 4 N–H and O–H groups in total. The van der Waals surface area contributed by atoms with Crippen LogP contribution < -0.4 is 15.8 Å². The van der Waals surface area contributed by atoms with Crippen LogP contribution in [-0.4, -0.2) is 33.2 Å². The quantitative estimate of drug-likeness (QED) is 0.421. The number of thioether (sulfide) groups is 1. The summed E-state index contributed by atoms with van der Waals surface area (Å²) in [6.07, 6.45) is 0. The number of nitrogens with one attached hydrogen (secondary N) is 2. The molecule has 0 aliphatic heterocycles. The van der Waals surface area contributed by atoms with Gasteiger partial charge in [0.15, 0.2) is 0 Å². The molecule has 2 aromatic carbocycles. The summed E-state index contributed by atoms with van der Waals surface area (Å²) in [4.78, 5) is 13.1. The number of primary sulfonamides is 1. The maximum absolute atomic E-state index is 11.9. The fourth-order valence-electron chi connectivity index (χ4n) is 2.28. The van der Waals surface area contributed by atoms with Crippen molar-refractivity contribution in [3.63, 3.8) is 0 Å². The Morgan fingerprint density at radius 1 is 1.22 bits per heavy atom. The average molecular weight is 428 g/mol. The topological polar surface area (TPSA) is 101 Å². The van der Waals surface area contributed by atoms with Crippen molar-refractivity contribution < 1.29 is 13.2 Å². The molecule has 146 valence electrons. The Morgan fingerprint density at radius 2 is 1.93 bits per heavy atom. The summed E-state index contributed by atoms with van der Waals surface area (Å²) in [5.41, 5.74) is 0.743. The molecular weight excluding hydrogens is 406 g/mol. The molecule has 0 aliphatic rings. The Kier molecular flexibility index (Phi) is 8.12. The van der Waals surface area contributed by atoms with E-state index in [0.717, 1.165) is 16.2 Å². The minimum absolute atomic E-state index is 0.0531. The molecule has 2 aromatic rings. The molecule has 0 fully saturated rings. The maximum atomic E-state index is 11.9. The van der Waals surface area contributed by atoms with Gasteiger partial charge in [-0.2, -0.15) is 0 Å². The highest BCUT2D eigenvalue weighted by atomic mass is 35.5. The van der Waals surface area contributed by atoms with E-state index < -0.39 is 10.0 Å². The van der Waals surface area contributed by atoms with Crippen LogP contribution in [0.3, 0.4) is 0 Å². The van der Waals surface area contributed by atoms with Gasteiger partial charge in [0.2, 0.25) is 15.9 Å². The zero-order chi connectivity index (χ0) is 19.9. The number of carbonyl (C=O) groups is 1. The second kappa shape index (κ2) is 10.1. The van der Waals surface area contributed by atoms with Crippen LogP contribution in [0.2, 0.25) is 5.02 Å². The summed E-state index contributed by atoms with van der Waals surface area (Å²) in [6, 6.07) is 13.7. The van der Waals surface area contributed by atoms with Crippen molar-refractivity contribution in [1.29, 1.82) is 0 Å². The highest BCUT2D eigenvalue weighted by Gasteiger charge is 2.12. The molecule has 0 radical (unpaired) electrons. The third-order valence-electron chi connectivity index (χ3n) is 3.76. The molecule has 1 atom stereocenters. The van der Waals surface area contributed by atoms with E-state index >= 15 is 0 Å². The number of rotatable bonds is 9. The minimum atomic E-state index is -3.75. The van der Waals surface area contributed by atoms with Crippen LogP contribution in [0.25, 0.3) is 0 Å². The third kappa shape index (κ3) is 7.51. The van der Waals surface area contributed by atoms with Gasteiger partial charge in [0.1, 0.15) is 0 Å². The number of sulfonamides is 1. The molecule has 0 heterocycles. The maximum Gasteiger partial charge on any atom is 0.238 e. The van der Waals surface area contributed by atoms with Gasteiger partial charge in [0.05, 0.1) is 11.4 Å². The van der Waals surface area contributed by atoms with Gasteiger partial charge >= 0.3 is 0 Å². The minimum Gasteiger partial charge on any atom is -0.354 e. The smallest absolute Gasteiger partial charge is 0.238 e. The zero-order valence-electron chi connectivity index (χ0n) is 14.8. The molecule has 27 heavy (non-hydrogen) atoms. The fourth-order valence-corrected chi connectivity index (χ4v) is 3.74. The fraction of sp³-hybridized carbons (Fsp3) is 0.278. The highest BCUT2D eigenvalue weighted by Crippen LogP contribution is 2.19. The predicted octanol–water partition coefficient (Wildman–Crippen LogP) is 2.55. The lowest BCUT2D eigenvalue weighted by atomic mass is 10.1. The molecule has 6 nitrogen and oxygen atoms in total. The predicted molar refractivity (Wildman–Crippen MR) is 109 cm³/mol. The molecule has 2 rings (SSSR count). The van der Waals surface area contributed by atoms with Crippen molar-refractivity contribution in [2.24, 2.45) is 5.14 Å². The Labute approximate surface area is 168 Å². The molecule has 9 heteroatoms. The van der Waals surface area contributed by atoms with Crippen molar-refractivity contribution in [1.82, 2.24) is 10.6 Å². The van der Waals surface area contributed by atoms with Crippen LogP contribution in [0.15, 0.2) is 58.3 Å². The molecule has 0 bridgehead atoms. The number of nitrogens with two attached hydrogens (primary N) is 1. The summed E-state index contributed by atoms with van der Waals surface area (Å²) >= 11 is 7.47. The standard InChI is InChI=1S/C18H22ClN3O3S2/c1-13(14-3-2-4-17(11-14)27(20,24)25)22-12-18(23)21-9-10-26-16-7-5-15(19)6-8-16/h2-8,11,13,22H,9-10,12H2,1H3,(H,21,23)(H2,20,24,25)/t13-/m1/s1. The van der Waals surface area contributed by atoms with Gasteiger partial charge in [0, 0.05) is 28.3 Å². The summed E-state index contributed by atoms with van der Waals surface area (Å²) < 4.78 is 22.8. The monoisotopic (exact) mass is 427 g/mol. The first-order valence-corrected chi connectivity index (χ1v) is 11.2. The van der Waals surface area contributed by atoms with E-state index in [4.69, 9.17) is 16.7 Å². The number of halogens is 1. The van der Waals surface area contributed by atoms with E-state index in [1.807, 2.05) is 31.2 Å². The lowest BCUT2D eigenvalue weighted by Gasteiger charge is -2.15. The largest absolute Gasteiger partial charge is 0.354 e. The van der Waals surface area contributed by atoms with Gasteiger partial charge in [-0.15, -0.1) is 11.8 Å². The van der Waals surface area contributed by atoms with Crippen LogP contribution in [0, 0.1) is 0 Å². The second-order valence-electron chi connectivity index (χ2n) is 5.87. The Hall–Kier alpha value is -1.58. The van der Waals surface area contributed by atoms with Crippen molar-refractivity contribution in [2.75, 3.05) is 18.8 Å².